The summed E-state index contributed by atoms with van der Waals surface area (Å²) in [7, 11) is 0. The monoisotopic (exact) mass is 273 g/mol. The summed E-state index contributed by atoms with van der Waals surface area (Å²) in [5.74, 6) is -0.202. The fraction of sp³-hybridized carbons (Fsp3) is 0.529. The van der Waals surface area contributed by atoms with Crippen LogP contribution in [0.3, 0.4) is 0 Å². The van der Waals surface area contributed by atoms with Gasteiger partial charge in [-0.2, -0.15) is 0 Å². The van der Waals surface area contributed by atoms with Gasteiger partial charge in [-0.05, 0) is 48.9 Å². The number of aryl methyl sites for hydroxylation is 3. The first-order chi connectivity index (χ1) is 9.31. The van der Waals surface area contributed by atoms with E-state index in [1.165, 1.54) is 16.7 Å². The van der Waals surface area contributed by atoms with Crippen molar-refractivity contribution in [2.24, 2.45) is 11.8 Å². The first-order valence-corrected chi connectivity index (χ1v) is 7.22. The molecule has 108 valence electrons. The highest BCUT2D eigenvalue weighted by Gasteiger charge is 2.39. The molecule has 1 aromatic rings. The van der Waals surface area contributed by atoms with Crippen LogP contribution in [0.1, 0.15) is 48.4 Å². The average Bonchev–Trinajstić information content (AvgIpc) is 2.32. The Morgan fingerprint density at radius 2 is 1.65 bits per heavy atom. The third-order valence-corrected chi connectivity index (χ3v) is 4.40. The van der Waals surface area contributed by atoms with Crippen molar-refractivity contribution in [2.45, 2.75) is 47.0 Å². The summed E-state index contributed by atoms with van der Waals surface area (Å²) in [5, 5.41) is 2.48. The second kappa shape index (κ2) is 5.39. The number of amides is 2. The van der Waals surface area contributed by atoms with Crippen LogP contribution in [-0.2, 0) is 9.59 Å². The molecule has 0 spiro atoms. The molecule has 3 heteroatoms. The number of nitrogens with one attached hydrogen (secondary N) is 1. The Kier molecular flexibility index (Phi) is 3.98. The number of hydrogen-bond acceptors (Lipinski definition) is 2. The fourth-order valence-electron chi connectivity index (χ4n) is 3.23. The minimum Gasteiger partial charge on any atom is -0.296 e. The number of carbonyl (C=O) groups is 2. The van der Waals surface area contributed by atoms with Crippen molar-refractivity contribution >= 4 is 11.8 Å². The topological polar surface area (TPSA) is 46.2 Å². The van der Waals surface area contributed by atoms with E-state index in [9.17, 15) is 9.59 Å². The number of rotatable bonds is 2. The summed E-state index contributed by atoms with van der Waals surface area (Å²) in [5.41, 5.74) is 4.78. The van der Waals surface area contributed by atoms with Gasteiger partial charge in [0.2, 0.25) is 11.8 Å². The standard InChI is InChI=1S/C17H23NO2/c1-9(2)16-14(8-15(19)18-17(16)20)13-7-11(4)10(3)6-12(13)5/h6-7,9,14,16H,8H2,1-5H3,(H,18,19,20). The van der Waals surface area contributed by atoms with E-state index in [0.29, 0.717) is 6.42 Å². The molecule has 1 aliphatic heterocycles. The fourth-order valence-corrected chi connectivity index (χ4v) is 3.23. The Morgan fingerprint density at radius 3 is 2.25 bits per heavy atom. The van der Waals surface area contributed by atoms with E-state index in [1.807, 2.05) is 13.8 Å². The molecule has 2 rings (SSSR count). The van der Waals surface area contributed by atoms with Gasteiger partial charge in [0.25, 0.3) is 0 Å². The van der Waals surface area contributed by atoms with Gasteiger partial charge in [-0.15, -0.1) is 0 Å². The van der Waals surface area contributed by atoms with Crippen molar-refractivity contribution in [1.29, 1.82) is 0 Å². The predicted molar refractivity (Wildman–Crippen MR) is 79.5 cm³/mol. The van der Waals surface area contributed by atoms with Gasteiger partial charge in [0.15, 0.2) is 0 Å². The van der Waals surface area contributed by atoms with Gasteiger partial charge in [0.1, 0.15) is 0 Å². The van der Waals surface area contributed by atoms with Crippen LogP contribution in [0.4, 0.5) is 0 Å². The van der Waals surface area contributed by atoms with Gasteiger partial charge in [-0.25, -0.2) is 0 Å². The maximum absolute atomic E-state index is 12.2. The molecule has 0 bridgehead atoms. The molecule has 0 aliphatic carbocycles. The minimum atomic E-state index is -0.158. The van der Waals surface area contributed by atoms with Gasteiger partial charge in [0, 0.05) is 18.3 Å². The van der Waals surface area contributed by atoms with Gasteiger partial charge >= 0.3 is 0 Å². The molecule has 2 unspecified atom stereocenters. The lowest BCUT2D eigenvalue weighted by Crippen LogP contribution is -2.46. The van der Waals surface area contributed by atoms with Crippen molar-refractivity contribution in [3.63, 3.8) is 0 Å². The molecule has 3 nitrogen and oxygen atoms in total. The van der Waals surface area contributed by atoms with Crippen LogP contribution in [0.5, 0.6) is 0 Å². The average molecular weight is 273 g/mol. The van der Waals surface area contributed by atoms with Crippen LogP contribution < -0.4 is 5.32 Å². The second-order valence-corrected chi connectivity index (χ2v) is 6.29. The smallest absolute Gasteiger partial charge is 0.230 e. The van der Waals surface area contributed by atoms with Crippen LogP contribution in [-0.4, -0.2) is 11.8 Å². The van der Waals surface area contributed by atoms with Crippen LogP contribution in [0.2, 0.25) is 0 Å². The number of carbonyl (C=O) groups excluding carboxylic acids is 2. The number of hydrogen-bond donors (Lipinski definition) is 1. The summed E-state index contributed by atoms with van der Waals surface area (Å²) < 4.78 is 0. The molecule has 1 saturated heterocycles. The maximum Gasteiger partial charge on any atom is 0.230 e. The van der Waals surface area contributed by atoms with Crippen LogP contribution >= 0.6 is 0 Å². The Bertz CT molecular complexity index is 560. The van der Waals surface area contributed by atoms with Gasteiger partial charge < -0.3 is 0 Å². The zero-order chi connectivity index (χ0) is 15.0. The number of imide groups is 1. The normalized spacial score (nSPS) is 23.1. The molecule has 2 amide bonds. The molecular formula is C17H23NO2. The third kappa shape index (κ3) is 2.62. The molecule has 0 aromatic heterocycles. The van der Waals surface area contributed by atoms with Crippen molar-refractivity contribution < 1.29 is 9.59 Å². The Hall–Kier alpha value is -1.64. The Balaban J connectivity index is 2.49. The largest absolute Gasteiger partial charge is 0.296 e. The van der Waals surface area contributed by atoms with Crippen LogP contribution in [0.15, 0.2) is 12.1 Å². The van der Waals surface area contributed by atoms with Crippen LogP contribution in [0.25, 0.3) is 0 Å². The molecule has 1 aliphatic rings. The molecular weight excluding hydrogens is 250 g/mol. The van der Waals surface area contributed by atoms with E-state index in [0.717, 1.165) is 5.56 Å². The van der Waals surface area contributed by atoms with E-state index < -0.39 is 0 Å². The quantitative estimate of drug-likeness (QED) is 0.842. The molecule has 0 radical (unpaired) electrons. The predicted octanol–water partition coefficient (Wildman–Crippen LogP) is 3.01. The molecule has 0 saturated carbocycles. The summed E-state index contributed by atoms with van der Waals surface area (Å²) >= 11 is 0. The summed E-state index contributed by atoms with van der Waals surface area (Å²) in [6.07, 6.45) is 0.401. The SMILES string of the molecule is Cc1cc(C)c(C2CC(=O)NC(=O)C2C(C)C)cc1C. The minimum absolute atomic E-state index is 0.00412. The van der Waals surface area contributed by atoms with E-state index in [1.54, 1.807) is 0 Å². The molecule has 1 aromatic carbocycles. The third-order valence-electron chi connectivity index (χ3n) is 4.40. The molecule has 2 atom stereocenters. The molecule has 1 heterocycles. The zero-order valence-electron chi connectivity index (χ0n) is 12.9. The molecule has 20 heavy (non-hydrogen) atoms. The highest BCUT2D eigenvalue weighted by atomic mass is 16.2. The lowest BCUT2D eigenvalue weighted by molar-refractivity contribution is -0.138. The highest BCUT2D eigenvalue weighted by molar-refractivity contribution is 6.00. The van der Waals surface area contributed by atoms with Crippen molar-refractivity contribution in [2.75, 3.05) is 0 Å². The van der Waals surface area contributed by atoms with Gasteiger partial charge in [-0.3, -0.25) is 14.9 Å². The van der Waals surface area contributed by atoms with E-state index in [4.69, 9.17) is 0 Å². The summed E-state index contributed by atoms with van der Waals surface area (Å²) in [6, 6.07) is 4.30. The van der Waals surface area contributed by atoms with E-state index in [2.05, 4.69) is 38.2 Å². The lowest BCUT2D eigenvalue weighted by Gasteiger charge is -2.34. The number of benzene rings is 1. The lowest BCUT2D eigenvalue weighted by atomic mass is 9.73. The van der Waals surface area contributed by atoms with Crippen LogP contribution in [0, 0.1) is 32.6 Å². The van der Waals surface area contributed by atoms with E-state index in [-0.39, 0.29) is 29.6 Å². The van der Waals surface area contributed by atoms with Crippen molar-refractivity contribution in [3.8, 4) is 0 Å². The molecule has 1 fully saturated rings. The zero-order valence-corrected chi connectivity index (χ0v) is 12.9. The second-order valence-electron chi connectivity index (χ2n) is 6.29. The van der Waals surface area contributed by atoms with E-state index >= 15 is 0 Å². The maximum atomic E-state index is 12.2. The van der Waals surface area contributed by atoms with Gasteiger partial charge in [0.05, 0.1) is 0 Å². The summed E-state index contributed by atoms with van der Waals surface area (Å²) in [4.78, 5) is 23.9. The van der Waals surface area contributed by atoms with Crippen molar-refractivity contribution in [3.05, 3.63) is 34.4 Å². The first-order valence-electron chi connectivity index (χ1n) is 7.22. The molecule has 1 N–H and O–H groups in total. The van der Waals surface area contributed by atoms with Crippen molar-refractivity contribution in [1.82, 2.24) is 5.32 Å². The first kappa shape index (κ1) is 14.8. The Labute approximate surface area is 120 Å². The Morgan fingerprint density at radius 1 is 1.05 bits per heavy atom. The highest BCUT2D eigenvalue weighted by Crippen LogP contribution is 2.38. The van der Waals surface area contributed by atoms with Gasteiger partial charge in [-0.1, -0.05) is 26.0 Å². The number of piperidine rings is 1. The summed E-state index contributed by atoms with van der Waals surface area (Å²) in [6.45, 7) is 10.3.